The molecule has 0 spiro atoms. The van der Waals surface area contributed by atoms with Gasteiger partial charge < -0.3 is 0 Å². The molecule has 1 aromatic rings. The number of amides is 2. The van der Waals surface area contributed by atoms with Crippen molar-refractivity contribution in [3.63, 3.8) is 0 Å². The van der Waals surface area contributed by atoms with E-state index in [2.05, 4.69) is 5.32 Å². The number of hydrogen-bond acceptors (Lipinski definition) is 2. The quantitative estimate of drug-likeness (QED) is 0.610. The third-order valence-corrected chi connectivity index (χ3v) is 2.73. The molecule has 0 saturated carbocycles. The summed E-state index contributed by atoms with van der Waals surface area (Å²) in [5, 5.41) is 2.31. The lowest BCUT2D eigenvalue weighted by molar-refractivity contribution is -0.122. The smallest absolute Gasteiger partial charge is 0.259 e. The van der Waals surface area contributed by atoms with Crippen molar-refractivity contribution in [1.29, 1.82) is 0 Å². The van der Waals surface area contributed by atoms with Gasteiger partial charge in [-0.25, -0.2) is 0 Å². The van der Waals surface area contributed by atoms with Gasteiger partial charge in [-0.05, 0) is 29.7 Å². The van der Waals surface area contributed by atoms with Crippen LogP contribution in [-0.4, -0.2) is 11.8 Å². The highest BCUT2D eigenvalue weighted by Gasteiger charge is 2.36. The first-order chi connectivity index (χ1) is 6.68. The van der Waals surface area contributed by atoms with Gasteiger partial charge >= 0.3 is 0 Å². The monoisotopic (exact) mass is 185 g/mol. The second-order valence-electron chi connectivity index (χ2n) is 3.56. The third kappa shape index (κ3) is 0.679. The Kier molecular flexibility index (Phi) is 1.14. The summed E-state index contributed by atoms with van der Waals surface area (Å²) >= 11 is 0. The average Bonchev–Trinajstić information content (AvgIpc) is 2.60. The van der Waals surface area contributed by atoms with Crippen LogP contribution < -0.4 is 5.32 Å². The van der Waals surface area contributed by atoms with Crippen molar-refractivity contribution in [1.82, 2.24) is 5.32 Å². The van der Waals surface area contributed by atoms with E-state index < -0.39 is 0 Å². The molecular formula is C11H7NO2. The summed E-state index contributed by atoms with van der Waals surface area (Å²) in [6.45, 7) is 1.94. The molecule has 0 fully saturated rings. The molecule has 1 N–H and O–H groups in total. The zero-order chi connectivity index (χ0) is 9.87. The zero-order valence-corrected chi connectivity index (χ0v) is 7.55. The molecule has 1 aromatic carbocycles. The largest absolute Gasteiger partial charge is 0.288 e. The van der Waals surface area contributed by atoms with Gasteiger partial charge in [0.25, 0.3) is 11.8 Å². The minimum Gasteiger partial charge on any atom is -0.288 e. The van der Waals surface area contributed by atoms with Gasteiger partial charge in [0, 0.05) is 0 Å². The van der Waals surface area contributed by atoms with Gasteiger partial charge in [-0.3, -0.25) is 14.9 Å². The maximum absolute atomic E-state index is 11.5. The maximum atomic E-state index is 11.5. The maximum Gasteiger partial charge on any atom is 0.259 e. The van der Waals surface area contributed by atoms with Crippen LogP contribution in [-0.2, 0) is 9.59 Å². The summed E-state index contributed by atoms with van der Waals surface area (Å²) in [6.07, 6.45) is 0. The fourth-order valence-electron chi connectivity index (χ4n) is 2.03. The Morgan fingerprint density at radius 1 is 1.07 bits per heavy atom. The molecule has 0 unspecified atom stereocenters. The summed E-state index contributed by atoms with van der Waals surface area (Å²) in [5.74, 6) is -0.542. The number of benzene rings is 1. The zero-order valence-electron chi connectivity index (χ0n) is 7.55. The summed E-state index contributed by atoms with van der Waals surface area (Å²) in [6, 6.07) is 5.71. The Hall–Kier alpha value is -1.90. The number of nitrogens with one attached hydrogen (secondary N) is 1. The molecule has 2 amide bonds. The van der Waals surface area contributed by atoms with Crippen LogP contribution in [0.1, 0.15) is 16.7 Å². The van der Waals surface area contributed by atoms with Gasteiger partial charge in [-0.2, -0.15) is 0 Å². The van der Waals surface area contributed by atoms with E-state index in [1.54, 1.807) is 0 Å². The van der Waals surface area contributed by atoms with Crippen LogP contribution in [0.2, 0.25) is 0 Å². The lowest BCUT2D eigenvalue weighted by atomic mass is 10.1. The molecule has 1 aliphatic carbocycles. The van der Waals surface area contributed by atoms with Gasteiger partial charge in [0.2, 0.25) is 0 Å². The van der Waals surface area contributed by atoms with E-state index in [0.29, 0.717) is 11.1 Å². The molecular weight excluding hydrogens is 178 g/mol. The minimum absolute atomic E-state index is 0.269. The first kappa shape index (κ1) is 7.50. The number of carbonyl (C=O) groups is 2. The van der Waals surface area contributed by atoms with Crippen molar-refractivity contribution in [3.8, 4) is 0 Å². The van der Waals surface area contributed by atoms with Gasteiger partial charge in [0.05, 0.1) is 11.1 Å². The fraction of sp³-hybridized carbons (Fsp3) is 0.0909. The van der Waals surface area contributed by atoms with Gasteiger partial charge in [0.1, 0.15) is 0 Å². The van der Waals surface area contributed by atoms with E-state index in [1.165, 1.54) is 0 Å². The molecule has 68 valence electrons. The Morgan fingerprint density at radius 2 is 1.79 bits per heavy atom. The molecule has 14 heavy (non-hydrogen) atoms. The van der Waals surface area contributed by atoms with Gasteiger partial charge in [0.15, 0.2) is 0 Å². The predicted octanol–water partition coefficient (Wildman–Crippen LogP) is 0.876. The Bertz CT molecular complexity index is 526. The molecule has 3 rings (SSSR count). The molecule has 1 heterocycles. The van der Waals surface area contributed by atoms with Crippen molar-refractivity contribution in [2.45, 2.75) is 6.92 Å². The van der Waals surface area contributed by atoms with E-state index in [9.17, 15) is 9.59 Å². The molecule has 0 saturated heterocycles. The highest BCUT2D eigenvalue weighted by atomic mass is 16.2. The second-order valence-corrected chi connectivity index (χ2v) is 3.56. The Morgan fingerprint density at radius 3 is 2.57 bits per heavy atom. The van der Waals surface area contributed by atoms with E-state index in [1.807, 2.05) is 25.1 Å². The number of aryl methyl sites for hydroxylation is 1. The van der Waals surface area contributed by atoms with Crippen molar-refractivity contribution >= 4 is 23.0 Å². The number of rotatable bonds is 0. The lowest BCUT2D eigenvalue weighted by Crippen LogP contribution is -2.23. The lowest BCUT2D eigenvalue weighted by Gasteiger charge is -2.01. The van der Waals surface area contributed by atoms with Crippen molar-refractivity contribution in [2.24, 2.45) is 0 Å². The van der Waals surface area contributed by atoms with Crippen LogP contribution in [0.4, 0.5) is 0 Å². The minimum atomic E-state index is -0.273. The molecule has 0 atom stereocenters. The van der Waals surface area contributed by atoms with E-state index in [-0.39, 0.29) is 11.8 Å². The summed E-state index contributed by atoms with van der Waals surface area (Å²) < 4.78 is 0. The SMILES string of the molecule is Cc1ccc2cc1C1=C2C(=O)NC1=O. The Labute approximate surface area is 80.4 Å². The van der Waals surface area contributed by atoms with E-state index >= 15 is 0 Å². The van der Waals surface area contributed by atoms with Crippen LogP contribution in [0, 0.1) is 6.92 Å². The van der Waals surface area contributed by atoms with Crippen molar-refractivity contribution in [2.75, 3.05) is 0 Å². The standard InChI is InChI=1S/C11H7NO2/c1-5-2-3-6-4-7(5)9-8(6)10(13)12-11(9)14/h2-4H,1H3,(H,12,13,14). The number of fused-ring (bicyclic) bond motifs is 4. The number of carbonyl (C=O) groups excluding carboxylic acids is 2. The predicted molar refractivity (Wildman–Crippen MR) is 51.1 cm³/mol. The molecule has 0 aromatic heterocycles. The normalized spacial score (nSPS) is 17.5. The number of imide groups is 1. The second kappa shape index (κ2) is 2.12. The molecule has 3 nitrogen and oxygen atoms in total. The van der Waals surface area contributed by atoms with Crippen LogP contribution in [0.25, 0.3) is 11.1 Å². The molecule has 2 bridgehead atoms. The Balaban J connectivity index is 2.38. The third-order valence-electron chi connectivity index (χ3n) is 2.73. The topological polar surface area (TPSA) is 46.2 Å². The van der Waals surface area contributed by atoms with E-state index in [0.717, 1.165) is 16.7 Å². The molecule has 0 radical (unpaired) electrons. The van der Waals surface area contributed by atoms with Crippen LogP contribution in [0.15, 0.2) is 18.2 Å². The highest BCUT2D eigenvalue weighted by molar-refractivity contribution is 6.50. The summed E-state index contributed by atoms with van der Waals surface area (Å²) in [7, 11) is 0. The van der Waals surface area contributed by atoms with Gasteiger partial charge in [-0.15, -0.1) is 0 Å². The molecule has 2 aliphatic rings. The molecule has 1 aliphatic heterocycles. The highest BCUT2D eigenvalue weighted by Crippen LogP contribution is 2.39. The van der Waals surface area contributed by atoms with Crippen molar-refractivity contribution < 1.29 is 9.59 Å². The number of hydrogen-bond donors (Lipinski definition) is 1. The summed E-state index contributed by atoms with van der Waals surface area (Å²) in [4.78, 5) is 22.9. The van der Waals surface area contributed by atoms with Crippen LogP contribution in [0.3, 0.4) is 0 Å². The average molecular weight is 185 g/mol. The first-order valence-corrected chi connectivity index (χ1v) is 4.40. The van der Waals surface area contributed by atoms with Crippen LogP contribution in [0.5, 0.6) is 0 Å². The summed E-state index contributed by atoms with van der Waals surface area (Å²) in [5.41, 5.74) is 3.86. The first-order valence-electron chi connectivity index (χ1n) is 4.40. The van der Waals surface area contributed by atoms with Crippen LogP contribution >= 0.6 is 0 Å². The molecule has 3 heteroatoms. The fourth-order valence-corrected chi connectivity index (χ4v) is 2.03. The van der Waals surface area contributed by atoms with Crippen molar-refractivity contribution in [3.05, 3.63) is 34.9 Å². The van der Waals surface area contributed by atoms with E-state index in [4.69, 9.17) is 0 Å². The van der Waals surface area contributed by atoms with Gasteiger partial charge in [-0.1, -0.05) is 12.1 Å².